The number of aliphatic carboxylic acids is 1. The van der Waals surface area contributed by atoms with Crippen LogP contribution in [0.1, 0.15) is 46.0 Å². The maximum absolute atomic E-state index is 11.9. The highest BCUT2D eigenvalue weighted by Gasteiger charge is 2.22. The zero-order valence-corrected chi connectivity index (χ0v) is 12.0. The highest BCUT2D eigenvalue weighted by Crippen LogP contribution is 2.26. The van der Waals surface area contributed by atoms with Gasteiger partial charge in [-0.15, -0.1) is 0 Å². The molecule has 5 nitrogen and oxygen atoms in total. The lowest BCUT2D eigenvalue weighted by molar-refractivity contribution is -0.137. The molecule has 0 bridgehead atoms. The number of hydrogen-bond acceptors (Lipinski definition) is 3. The van der Waals surface area contributed by atoms with Gasteiger partial charge in [0.1, 0.15) is 0 Å². The standard InChI is InChI=1S/C14H26N2O3/c1-14(2,6-5-12(17)18)7-9-16-13(19)11-4-3-8-15-10-11/h11,15H,3-10H2,1-2H3,(H,16,19)(H,17,18). The molecule has 0 radical (unpaired) electrons. The first-order chi connectivity index (χ1) is 8.91. The monoisotopic (exact) mass is 270 g/mol. The van der Waals surface area contributed by atoms with Crippen molar-refractivity contribution in [3.63, 3.8) is 0 Å². The van der Waals surface area contributed by atoms with E-state index < -0.39 is 5.97 Å². The number of carboxylic acid groups (broad SMARTS) is 1. The van der Waals surface area contributed by atoms with Crippen LogP contribution in [0, 0.1) is 11.3 Å². The molecule has 1 saturated heterocycles. The quantitative estimate of drug-likeness (QED) is 0.653. The van der Waals surface area contributed by atoms with E-state index in [1.807, 2.05) is 13.8 Å². The van der Waals surface area contributed by atoms with Gasteiger partial charge < -0.3 is 15.7 Å². The van der Waals surface area contributed by atoms with Crippen LogP contribution in [0.4, 0.5) is 0 Å². The molecule has 0 saturated carbocycles. The fourth-order valence-corrected chi connectivity index (χ4v) is 2.31. The van der Waals surface area contributed by atoms with Gasteiger partial charge in [0.05, 0.1) is 5.92 Å². The molecule has 1 heterocycles. The molecule has 5 heteroatoms. The lowest BCUT2D eigenvalue weighted by atomic mass is 9.84. The maximum atomic E-state index is 11.9. The molecule has 1 fully saturated rings. The number of rotatable bonds is 7. The molecule has 1 aliphatic heterocycles. The SMILES string of the molecule is CC(C)(CCNC(=O)C1CCCNC1)CCC(=O)O. The Morgan fingerprint density at radius 1 is 1.37 bits per heavy atom. The van der Waals surface area contributed by atoms with Crippen LogP contribution in [0.25, 0.3) is 0 Å². The lowest BCUT2D eigenvalue weighted by Crippen LogP contribution is -2.41. The topological polar surface area (TPSA) is 78.4 Å². The van der Waals surface area contributed by atoms with E-state index in [1.165, 1.54) is 0 Å². The summed E-state index contributed by atoms with van der Waals surface area (Å²) >= 11 is 0. The number of carbonyl (C=O) groups is 2. The van der Waals surface area contributed by atoms with Crippen LogP contribution in [0.5, 0.6) is 0 Å². The summed E-state index contributed by atoms with van der Waals surface area (Å²) in [5.74, 6) is -0.539. The smallest absolute Gasteiger partial charge is 0.303 e. The molecule has 1 aliphatic rings. The van der Waals surface area contributed by atoms with Crippen molar-refractivity contribution in [2.24, 2.45) is 11.3 Å². The molecule has 1 unspecified atom stereocenters. The molecule has 0 spiro atoms. The molecule has 0 aromatic heterocycles. The molecule has 0 aromatic rings. The van der Waals surface area contributed by atoms with Gasteiger partial charge in [-0.05, 0) is 37.6 Å². The van der Waals surface area contributed by atoms with Gasteiger partial charge in [0, 0.05) is 19.5 Å². The van der Waals surface area contributed by atoms with E-state index in [4.69, 9.17) is 5.11 Å². The number of nitrogens with one attached hydrogen (secondary N) is 2. The average Bonchev–Trinajstić information content (AvgIpc) is 2.37. The van der Waals surface area contributed by atoms with Crippen LogP contribution in [-0.2, 0) is 9.59 Å². The van der Waals surface area contributed by atoms with Gasteiger partial charge in [-0.3, -0.25) is 9.59 Å². The van der Waals surface area contributed by atoms with Gasteiger partial charge in [-0.25, -0.2) is 0 Å². The van der Waals surface area contributed by atoms with Crippen molar-refractivity contribution in [1.29, 1.82) is 0 Å². The van der Waals surface area contributed by atoms with Crippen LogP contribution in [-0.4, -0.2) is 36.6 Å². The Bertz CT molecular complexity index is 310. The summed E-state index contributed by atoms with van der Waals surface area (Å²) in [7, 11) is 0. The van der Waals surface area contributed by atoms with E-state index >= 15 is 0 Å². The van der Waals surface area contributed by atoms with Crippen molar-refractivity contribution in [2.75, 3.05) is 19.6 Å². The first-order valence-electron chi connectivity index (χ1n) is 7.11. The fourth-order valence-electron chi connectivity index (χ4n) is 2.31. The number of carbonyl (C=O) groups excluding carboxylic acids is 1. The number of amides is 1. The van der Waals surface area contributed by atoms with Crippen LogP contribution in [0.15, 0.2) is 0 Å². The second kappa shape index (κ2) is 7.48. The molecule has 0 aromatic carbocycles. The highest BCUT2D eigenvalue weighted by molar-refractivity contribution is 5.78. The van der Waals surface area contributed by atoms with E-state index in [0.29, 0.717) is 13.0 Å². The second-order valence-corrected chi connectivity index (χ2v) is 6.14. The Morgan fingerprint density at radius 3 is 2.68 bits per heavy atom. The Labute approximate surface area is 115 Å². The lowest BCUT2D eigenvalue weighted by Gasteiger charge is -2.25. The normalized spacial score (nSPS) is 20.0. The zero-order chi connectivity index (χ0) is 14.3. The van der Waals surface area contributed by atoms with Crippen molar-refractivity contribution in [1.82, 2.24) is 10.6 Å². The van der Waals surface area contributed by atoms with Gasteiger partial charge >= 0.3 is 5.97 Å². The van der Waals surface area contributed by atoms with Crippen LogP contribution in [0.3, 0.4) is 0 Å². The fraction of sp³-hybridized carbons (Fsp3) is 0.857. The molecule has 1 atom stereocenters. The van der Waals surface area contributed by atoms with Crippen molar-refractivity contribution in [3.05, 3.63) is 0 Å². The van der Waals surface area contributed by atoms with E-state index in [0.717, 1.165) is 32.4 Å². The Balaban J connectivity index is 2.20. The summed E-state index contributed by atoms with van der Waals surface area (Å²) in [5, 5.41) is 14.9. The minimum absolute atomic E-state index is 0.0452. The molecular weight excluding hydrogens is 244 g/mol. The van der Waals surface area contributed by atoms with Crippen molar-refractivity contribution >= 4 is 11.9 Å². The molecule has 19 heavy (non-hydrogen) atoms. The summed E-state index contributed by atoms with van der Waals surface area (Å²) in [6, 6.07) is 0. The third-order valence-electron chi connectivity index (χ3n) is 3.78. The van der Waals surface area contributed by atoms with Crippen molar-refractivity contribution < 1.29 is 14.7 Å². The Morgan fingerprint density at radius 2 is 2.11 bits per heavy atom. The minimum Gasteiger partial charge on any atom is -0.481 e. The van der Waals surface area contributed by atoms with Gasteiger partial charge in [0.15, 0.2) is 0 Å². The first-order valence-corrected chi connectivity index (χ1v) is 7.11. The third kappa shape index (κ3) is 6.57. The van der Waals surface area contributed by atoms with Gasteiger partial charge in [0.2, 0.25) is 5.91 Å². The van der Waals surface area contributed by atoms with Crippen LogP contribution >= 0.6 is 0 Å². The summed E-state index contributed by atoms with van der Waals surface area (Å²) in [6.07, 6.45) is 3.66. The summed E-state index contributed by atoms with van der Waals surface area (Å²) in [6.45, 7) is 6.50. The molecule has 110 valence electrons. The van der Waals surface area contributed by atoms with E-state index in [2.05, 4.69) is 10.6 Å². The number of piperidine rings is 1. The number of carboxylic acids is 1. The molecule has 1 amide bonds. The molecule has 1 rings (SSSR count). The minimum atomic E-state index is -0.759. The van der Waals surface area contributed by atoms with Crippen molar-refractivity contribution in [3.8, 4) is 0 Å². The van der Waals surface area contributed by atoms with E-state index in [1.54, 1.807) is 0 Å². The zero-order valence-electron chi connectivity index (χ0n) is 12.0. The summed E-state index contributed by atoms with van der Waals surface area (Å²) in [5.41, 5.74) is -0.0452. The predicted octanol–water partition coefficient (Wildman–Crippen LogP) is 1.38. The van der Waals surface area contributed by atoms with E-state index in [-0.39, 0.29) is 23.7 Å². The predicted molar refractivity (Wildman–Crippen MR) is 73.9 cm³/mol. The number of hydrogen-bond donors (Lipinski definition) is 3. The van der Waals surface area contributed by atoms with Crippen LogP contribution < -0.4 is 10.6 Å². The molecular formula is C14H26N2O3. The second-order valence-electron chi connectivity index (χ2n) is 6.14. The summed E-state index contributed by atoms with van der Waals surface area (Å²) < 4.78 is 0. The summed E-state index contributed by atoms with van der Waals surface area (Å²) in [4.78, 5) is 22.5. The Hall–Kier alpha value is -1.10. The van der Waals surface area contributed by atoms with Gasteiger partial charge in [0.25, 0.3) is 0 Å². The molecule has 0 aliphatic carbocycles. The highest BCUT2D eigenvalue weighted by atomic mass is 16.4. The third-order valence-corrected chi connectivity index (χ3v) is 3.78. The van der Waals surface area contributed by atoms with Gasteiger partial charge in [-0.1, -0.05) is 13.8 Å². The maximum Gasteiger partial charge on any atom is 0.303 e. The largest absolute Gasteiger partial charge is 0.481 e. The van der Waals surface area contributed by atoms with E-state index in [9.17, 15) is 9.59 Å². The first kappa shape index (κ1) is 16.0. The van der Waals surface area contributed by atoms with Gasteiger partial charge in [-0.2, -0.15) is 0 Å². The molecule has 3 N–H and O–H groups in total. The van der Waals surface area contributed by atoms with Crippen molar-refractivity contribution in [2.45, 2.75) is 46.0 Å². The van der Waals surface area contributed by atoms with Crippen LogP contribution in [0.2, 0.25) is 0 Å². The Kier molecular flexibility index (Phi) is 6.28. The average molecular weight is 270 g/mol.